The van der Waals surface area contributed by atoms with E-state index >= 15 is 0 Å². The molecule has 1 unspecified atom stereocenters. The van der Waals surface area contributed by atoms with Crippen LogP contribution in [0.25, 0.3) is 0 Å². The molecule has 1 aromatic rings. The number of hydrogen-bond acceptors (Lipinski definition) is 2. The molecule has 0 N–H and O–H groups in total. The molecule has 0 saturated carbocycles. The Morgan fingerprint density at radius 1 is 1.50 bits per heavy atom. The zero-order chi connectivity index (χ0) is 11.4. The molecule has 2 rings (SSSR count). The first-order chi connectivity index (χ1) is 7.75. The SMILES string of the molecule is Fc1ccc(OCCC2CCCO2)c(Br)c1. The lowest BCUT2D eigenvalue weighted by Crippen LogP contribution is -2.10. The number of ether oxygens (including phenoxy) is 2. The zero-order valence-electron chi connectivity index (χ0n) is 8.92. The second-order valence-corrected chi connectivity index (χ2v) is 4.70. The van der Waals surface area contributed by atoms with Crippen molar-refractivity contribution in [3.63, 3.8) is 0 Å². The molecule has 16 heavy (non-hydrogen) atoms. The third kappa shape index (κ3) is 3.19. The molecule has 0 aliphatic carbocycles. The van der Waals surface area contributed by atoms with Crippen LogP contribution in [-0.4, -0.2) is 19.3 Å². The Bertz CT molecular complexity index is 351. The van der Waals surface area contributed by atoms with Crippen LogP contribution in [0.2, 0.25) is 0 Å². The van der Waals surface area contributed by atoms with E-state index in [0.717, 1.165) is 25.9 Å². The Labute approximate surface area is 103 Å². The van der Waals surface area contributed by atoms with Gasteiger partial charge in [-0.05, 0) is 47.0 Å². The average molecular weight is 289 g/mol. The maximum Gasteiger partial charge on any atom is 0.133 e. The number of rotatable bonds is 4. The largest absolute Gasteiger partial charge is 0.492 e. The summed E-state index contributed by atoms with van der Waals surface area (Å²) in [5, 5.41) is 0. The van der Waals surface area contributed by atoms with Crippen LogP contribution in [-0.2, 0) is 4.74 Å². The minimum absolute atomic E-state index is 0.265. The lowest BCUT2D eigenvalue weighted by Gasteiger charge is -2.11. The Balaban J connectivity index is 1.80. The zero-order valence-corrected chi connectivity index (χ0v) is 10.5. The van der Waals surface area contributed by atoms with E-state index in [-0.39, 0.29) is 5.82 Å². The Hall–Kier alpha value is -0.610. The molecule has 0 amide bonds. The summed E-state index contributed by atoms with van der Waals surface area (Å²) in [6, 6.07) is 4.43. The predicted molar refractivity (Wildman–Crippen MR) is 63.2 cm³/mol. The summed E-state index contributed by atoms with van der Waals surface area (Å²) in [6.07, 6.45) is 3.49. The van der Waals surface area contributed by atoms with Gasteiger partial charge >= 0.3 is 0 Å². The van der Waals surface area contributed by atoms with Crippen LogP contribution < -0.4 is 4.74 Å². The van der Waals surface area contributed by atoms with E-state index in [1.165, 1.54) is 12.1 Å². The quantitative estimate of drug-likeness (QED) is 0.844. The summed E-state index contributed by atoms with van der Waals surface area (Å²) in [7, 11) is 0. The van der Waals surface area contributed by atoms with Crippen molar-refractivity contribution in [3.05, 3.63) is 28.5 Å². The highest BCUT2D eigenvalue weighted by Crippen LogP contribution is 2.26. The third-order valence-electron chi connectivity index (χ3n) is 2.62. The molecule has 1 aliphatic heterocycles. The molecule has 2 nitrogen and oxygen atoms in total. The summed E-state index contributed by atoms with van der Waals surface area (Å²) in [6.45, 7) is 1.47. The van der Waals surface area contributed by atoms with Crippen molar-refractivity contribution < 1.29 is 13.9 Å². The van der Waals surface area contributed by atoms with Crippen LogP contribution in [0, 0.1) is 5.82 Å². The fraction of sp³-hybridized carbons (Fsp3) is 0.500. The molecule has 1 fully saturated rings. The molecule has 0 aromatic heterocycles. The molecule has 88 valence electrons. The first-order valence-electron chi connectivity index (χ1n) is 5.45. The highest BCUT2D eigenvalue weighted by atomic mass is 79.9. The standard InChI is InChI=1S/C12H14BrFO2/c13-11-8-9(14)3-4-12(11)16-7-5-10-2-1-6-15-10/h3-4,8,10H,1-2,5-7H2. The maximum absolute atomic E-state index is 12.8. The molecular weight excluding hydrogens is 275 g/mol. The van der Waals surface area contributed by atoms with E-state index in [0.29, 0.717) is 22.9 Å². The van der Waals surface area contributed by atoms with E-state index in [1.807, 2.05) is 0 Å². The highest BCUT2D eigenvalue weighted by Gasteiger charge is 2.15. The van der Waals surface area contributed by atoms with Crippen LogP contribution in [0.15, 0.2) is 22.7 Å². The fourth-order valence-electron chi connectivity index (χ4n) is 1.76. The van der Waals surface area contributed by atoms with E-state index in [2.05, 4.69) is 15.9 Å². The van der Waals surface area contributed by atoms with Crippen LogP contribution in [0.5, 0.6) is 5.75 Å². The van der Waals surface area contributed by atoms with Gasteiger partial charge in [0.2, 0.25) is 0 Å². The van der Waals surface area contributed by atoms with Crippen molar-refractivity contribution in [1.82, 2.24) is 0 Å². The third-order valence-corrected chi connectivity index (χ3v) is 3.24. The van der Waals surface area contributed by atoms with E-state index in [9.17, 15) is 4.39 Å². The van der Waals surface area contributed by atoms with Crippen molar-refractivity contribution in [2.75, 3.05) is 13.2 Å². The van der Waals surface area contributed by atoms with Gasteiger partial charge in [0.25, 0.3) is 0 Å². The summed E-state index contributed by atoms with van der Waals surface area (Å²) in [5.74, 6) is 0.415. The Kier molecular flexibility index (Phi) is 4.18. The monoisotopic (exact) mass is 288 g/mol. The van der Waals surface area contributed by atoms with Crippen molar-refractivity contribution in [2.45, 2.75) is 25.4 Å². The van der Waals surface area contributed by atoms with Crippen LogP contribution >= 0.6 is 15.9 Å². The van der Waals surface area contributed by atoms with Gasteiger partial charge in [-0.2, -0.15) is 0 Å². The van der Waals surface area contributed by atoms with Crippen molar-refractivity contribution in [1.29, 1.82) is 0 Å². The fourth-order valence-corrected chi connectivity index (χ4v) is 2.23. The number of halogens is 2. The van der Waals surface area contributed by atoms with Gasteiger partial charge in [0.1, 0.15) is 11.6 Å². The predicted octanol–water partition coefficient (Wildman–Crippen LogP) is 3.54. The van der Waals surface area contributed by atoms with Crippen LogP contribution in [0.4, 0.5) is 4.39 Å². The van der Waals surface area contributed by atoms with Gasteiger partial charge in [-0.15, -0.1) is 0 Å². The van der Waals surface area contributed by atoms with E-state index in [4.69, 9.17) is 9.47 Å². The van der Waals surface area contributed by atoms with Crippen LogP contribution in [0.3, 0.4) is 0 Å². The highest BCUT2D eigenvalue weighted by molar-refractivity contribution is 9.10. The van der Waals surface area contributed by atoms with E-state index in [1.54, 1.807) is 6.07 Å². The van der Waals surface area contributed by atoms with E-state index < -0.39 is 0 Å². The molecule has 4 heteroatoms. The summed E-state index contributed by atoms with van der Waals surface area (Å²) in [5.41, 5.74) is 0. The van der Waals surface area contributed by atoms with Crippen molar-refractivity contribution in [2.24, 2.45) is 0 Å². The van der Waals surface area contributed by atoms with Gasteiger partial charge < -0.3 is 9.47 Å². The molecule has 1 saturated heterocycles. The molecule has 1 atom stereocenters. The second kappa shape index (κ2) is 5.64. The number of hydrogen-bond donors (Lipinski definition) is 0. The van der Waals surface area contributed by atoms with Crippen molar-refractivity contribution >= 4 is 15.9 Å². The van der Waals surface area contributed by atoms with Gasteiger partial charge in [-0.1, -0.05) is 0 Å². The van der Waals surface area contributed by atoms with Gasteiger partial charge in [-0.25, -0.2) is 4.39 Å². The summed E-state index contributed by atoms with van der Waals surface area (Å²) in [4.78, 5) is 0. The smallest absolute Gasteiger partial charge is 0.133 e. The minimum atomic E-state index is -0.265. The van der Waals surface area contributed by atoms with Gasteiger partial charge in [0, 0.05) is 13.0 Å². The lowest BCUT2D eigenvalue weighted by molar-refractivity contribution is 0.0902. The normalized spacial score (nSPS) is 20.0. The lowest BCUT2D eigenvalue weighted by atomic mass is 10.2. The molecule has 0 radical (unpaired) electrons. The molecule has 1 aromatic carbocycles. The van der Waals surface area contributed by atoms with Gasteiger partial charge in [0.15, 0.2) is 0 Å². The topological polar surface area (TPSA) is 18.5 Å². The number of benzene rings is 1. The molecule has 1 aliphatic rings. The average Bonchev–Trinajstić information content (AvgIpc) is 2.74. The van der Waals surface area contributed by atoms with Crippen LogP contribution in [0.1, 0.15) is 19.3 Å². The Morgan fingerprint density at radius 2 is 2.38 bits per heavy atom. The summed E-state index contributed by atoms with van der Waals surface area (Å²) < 4.78 is 24.5. The maximum atomic E-state index is 12.8. The first kappa shape index (κ1) is 11.9. The Morgan fingerprint density at radius 3 is 3.06 bits per heavy atom. The molecule has 1 heterocycles. The van der Waals surface area contributed by atoms with Crippen molar-refractivity contribution in [3.8, 4) is 5.75 Å². The minimum Gasteiger partial charge on any atom is -0.492 e. The molecule has 0 spiro atoms. The summed E-state index contributed by atoms with van der Waals surface area (Å²) >= 11 is 3.26. The molecule has 0 bridgehead atoms. The second-order valence-electron chi connectivity index (χ2n) is 3.85. The molecular formula is C12H14BrFO2. The first-order valence-corrected chi connectivity index (χ1v) is 6.24. The van der Waals surface area contributed by atoms with Gasteiger partial charge in [0.05, 0.1) is 17.2 Å². The van der Waals surface area contributed by atoms with Gasteiger partial charge in [-0.3, -0.25) is 0 Å².